The van der Waals surface area contributed by atoms with E-state index in [-0.39, 0.29) is 16.9 Å². The van der Waals surface area contributed by atoms with Gasteiger partial charge in [-0.3, -0.25) is 4.79 Å². The van der Waals surface area contributed by atoms with Crippen LogP contribution in [0.15, 0.2) is 46.6 Å². The number of phenolic OH excluding ortho intramolecular Hbond substituents is 1. The van der Waals surface area contributed by atoms with Crippen molar-refractivity contribution in [1.82, 2.24) is 5.32 Å². The molecule has 1 amide bonds. The molecule has 0 aliphatic carbocycles. The summed E-state index contributed by atoms with van der Waals surface area (Å²) in [6.45, 7) is 4.14. The summed E-state index contributed by atoms with van der Waals surface area (Å²) in [5.74, 6) is 0.371. The van der Waals surface area contributed by atoms with Crippen molar-refractivity contribution >= 4 is 29.1 Å². The topological polar surface area (TPSA) is 83.3 Å². The number of nitrogens with zero attached hydrogens (tertiary/aromatic N) is 2. The van der Waals surface area contributed by atoms with E-state index in [9.17, 15) is 9.90 Å². The summed E-state index contributed by atoms with van der Waals surface area (Å²) >= 11 is 1.38. The minimum atomic E-state index is -0.213. The van der Waals surface area contributed by atoms with E-state index < -0.39 is 0 Å². The van der Waals surface area contributed by atoms with Gasteiger partial charge in [0.25, 0.3) is 0 Å². The summed E-state index contributed by atoms with van der Waals surface area (Å²) in [5.41, 5.74) is 4.32. The molecule has 27 heavy (non-hydrogen) atoms. The normalized spacial score (nSPS) is 18.3. The predicted octanol–water partition coefficient (Wildman–Crippen LogP) is 3.18. The number of ether oxygens (including phenoxy) is 1. The second kappa shape index (κ2) is 8.26. The zero-order valence-electron chi connectivity index (χ0n) is 15.4. The lowest BCUT2D eigenvalue weighted by Gasteiger charge is -2.07. The van der Waals surface area contributed by atoms with E-state index in [1.165, 1.54) is 36.1 Å². The standard InChI is InChI=1S/C20H21N3O3S/c1-12-4-5-14(8-13(12)2)10-18-19(25)22-20(27-18)23-21-11-15-6-7-16(24)17(9-15)26-3/h4-9,11,18,24H,10H2,1-3H3,(H,22,23,25)/b21-11+/t18-/m1/s1. The fourth-order valence-corrected chi connectivity index (χ4v) is 3.62. The number of aryl methyl sites for hydroxylation is 2. The van der Waals surface area contributed by atoms with Crippen molar-refractivity contribution in [3.8, 4) is 11.5 Å². The number of carbonyl (C=O) groups excluding carboxylic acids is 1. The largest absolute Gasteiger partial charge is 0.504 e. The molecule has 3 rings (SSSR count). The molecule has 0 spiro atoms. The molecule has 1 aliphatic rings. The number of amides is 1. The summed E-state index contributed by atoms with van der Waals surface area (Å²) in [6, 6.07) is 11.1. The number of hydrogen-bond acceptors (Lipinski definition) is 6. The van der Waals surface area contributed by atoms with Crippen molar-refractivity contribution in [2.45, 2.75) is 25.5 Å². The molecule has 0 unspecified atom stereocenters. The Balaban J connectivity index is 1.65. The Morgan fingerprint density at radius 2 is 2.04 bits per heavy atom. The van der Waals surface area contributed by atoms with E-state index in [4.69, 9.17) is 4.74 Å². The Bertz CT molecular complexity index is 925. The smallest absolute Gasteiger partial charge is 0.239 e. The third kappa shape index (κ3) is 4.68. The van der Waals surface area contributed by atoms with E-state index in [0.29, 0.717) is 17.3 Å². The number of amidine groups is 1. The second-order valence-corrected chi connectivity index (χ2v) is 7.49. The summed E-state index contributed by atoms with van der Waals surface area (Å²) in [7, 11) is 1.48. The first-order chi connectivity index (χ1) is 13.0. The van der Waals surface area contributed by atoms with Crippen LogP contribution >= 0.6 is 11.8 Å². The number of carbonyl (C=O) groups is 1. The van der Waals surface area contributed by atoms with Crippen LogP contribution in [0.5, 0.6) is 11.5 Å². The zero-order valence-corrected chi connectivity index (χ0v) is 16.2. The SMILES string of the molecule is COc1cc(/C=N/N=C2/NC(=O)[C@@H](Cc3ccc(C)c(C)c3)S2)ccc1O. The Hall–Kier alpha value is -2.80. The zero-order chi connectivity index (χ0) is 19.4. The molecule has 1 saturated heterocycles. The quantitative estimate of drug-likeness (QED) is 0.614. The molecule has 1 heterocycles. The molecule has 1 aliphatic heterocycles. The Morgan fingerprint density at radius 3 is 2.78 bits per heavy atom. The molecule has 0 saturated carbocycles. The van der Waals surface area contributed by atoms with Gasteiger partial charge in [0, 0.05) is 0 Å². The van der Waals surface area contributed by atoms with Crippen molar-refractivity contribution in [2.75, 3.05) is 7.11 Å². The minimum Gasteiger partial charge on any atom is -0.504 e. The summed E-state index contributed by atoms with van der Waals surface area (Å²) in [4.78, 5) is 12.2. The molecule has 140 valence electrons. The maximum atomic E-state index is 12.2. The molecule has 0 aromatic heterocycles. The van der Waals surface area contributed by atoms with Gasteiger partial charge in [-0.1, -0.05) is 30.0 Å². The maximum absolute atomic E-state index is 12.2. The van der Waals surface area contributed by atoms with Crippen LogP contribution in [-0.4, -0.2) is 34.8 Å². The Kier molecular flexibility index (Phi) is 5.81. The van der Waals surface area contributed by atoms with Gasteiger partial charge in [0.05, 0.1) is 18.6 Å². The van der Waals surface area contributed by atoms with E-state index >= 15 is 0 Å². The van der Waals surface area contributed by atoms with Crippen molar-refractivity contribution in [3.05, 3.63) is 58.7 Å². The third-order valence-electron chi connectivity index (χ3n) is 4.33. The Labute approximate surface area is 162 Å². The third-order valence-corrected chi connectivity index (χ3v) is 5.40. The number of hydrogen-bond donors (Lipinski definition) is 2. The number of nitrogens with one attached hydrogen (secondary N) is 1. The van der Waals surface area contributed by atoms with Crippen LogP contribution in [0.4, 0.5) is 0 Å². The molecular formula is C20H21N3O3S. The summed E-state index contributed by atoms with van der Waals surface area (Å²) in [6.07, 6.45) is 2.19. The molecule has 2 aromatic carbocycles. The van der Waals surface area contributed by atoms with Crippen molar-refractivity contribution in [1.29, 1.82) is 0 Å². The molecule has 6 nitrogen and oxygen atoms in total. The van der Waals surface area contributed by atoms with Crippen LogP contribution in [0.2, 0.25) is 0 Å². The first-order valence-corrected chi connectivity index (χ1v) is 9.36. The molecule has 2 aromatic rings. The van der Waals surface area contributed by atoms with Crippen LogP contribution < -0.4 is 10.1 Å². The lowest BCUT2D eigenvalue weighted by molar-refractivity contribution is -0.118. The van der Waals surface area contributed by atoms with E-state index in [1.807, 2.05) is 0 Å². The monoisotopic (exact) mass is 383 g/mol. The van der Waals surface area contributed by atoms with Crippen LogP contribution in [0.25, 0.3) is 0 Å². The van der Waals surface area contributed by atoms with Crippen molar-refractivity contribution in [2.24, 2.45) is 10.2 Å². The van der Waals surface area contributed by atoms with Gasteiger partial charge in [-0.15, -0.1) is 5.10 Å². The van der Waals surface area contributed by atoms with E-state index in [1.54, 1.807) is 18.3 Å². The fraction of sp³-hybridized carbons (Fsp3) is 0.250. The minimum absolute atomic E-state index is 0.0570. The van der Waals surface area contributed by atoms with Crippen molar-refractivity contribution in [3.63, 3.8) is 0 Å². The first kappa shape index (κ1) is 19.0. The van der Waals surface area contributed by atoms with Gasteiger partial charge in [-0.05, 0) is 60.7 Å². The average molecular weight is 383 g/mol. The lowest BCUT2D eigenvalue weighted by Crippen LogP contribution is -2.25. The van der Waals surface area contributed by atoms with Gasteiger partial charge in [0.15, 0.2) is 16.7 Å². The highest BCUT2D eigenvalue weighted by atomic mass is 32.2. The van der Waals surface area contributed by atoms with Gasteiger partial charge in [-0.2, -0.15) is 5.10 Å². The number of thioether (sulfide) groups is 1. The number of methoxy groups -OCH3 is 1. The molecule has 2 N–H and O–H groups in total. The van der Waals surface area contributed by atoms with Crippen LogP contribution in [0, 0.1) is 13.8 Å². The summed E-state index contributed by atoms with van der Waals surface area (Å²) < 4.78 is 5.06. The van der Waals surface area contributed by atoms with Gasteiger partial charge < -0.3 is 15.2 Å². The first-order valence-electron chi connectivity index (χ1n) is 8.48. The van der Waals surface area contributed by atoms with Crippen LogP contribution in [-0.2, 0) is 11.2 Å². The molecule has 1 fully saturated rings. The average Bonchev–Trinajstić information content (AvgIpc) is 2.99. The second-order valence-electron chi connectivity index (χ2n) is 6.30. The molecule has 0 radical (unpaired) electrons. The molecule has 0 bridgehead atoms. The maximum Gasteiger partial charge on any atom is 0.239 e. The van der Waals surface area contributed by atoms with Gasteiger partial charge >= 0.3 is 0 Å². The molecular weight excluding hydrogens is 362 g/mol. The van der Waals surface area contributed by atoms with Gasteiger partial charge in [0.2, 0.25) is 5.91 Å². The molecule has 1 atom stereocenters. The number of phenols is 1. The summed E-state index contributed by atoms with van der Waals surface area (Å²) in [5, 5.41) is 20.7. The number of rotatable bonds is 5. The van der Waals surface area contributed by atoms with Crippen LogP contribution in [0.1, 0.15) is 22.3 Å². The van der Waals surface area contributed by atoms with Gasteiger partial charge in [0.1, 0.15) is 0 Å². The molecule has 7 heteroatoms. The fourth-order valence-electron chi connectivity index (χ4n) is 2.65. The predicted molar refractivity (Wildman–Crippen MR) is 109 cm³/mol. The van der Waals surface area contributed by atoms with E-state index in [0.717, 1.165) is 11.1 Å². The van der Waals surface area contributed by atoms with Crippen molar-refractivity contribution < 1.29 is 14.6 Å². The number of aromatic hydroxyl groups is 1. The van der Waals surface area contributed by atoms with Crippen LogP contribution in [0.3, 0.4) is 0 Å². The highest BCUT2D eigenvalue weighted by Crippen LogP contribution is 2.26. The van der Waals surface area contributed by atoms with E-state index in [2.05, 4.69) is 47.6 Å². The number of benzene rings is 2. The Morgan fingerprint density at radius 1 is 1.22 bits per heavy atom. The van der Waals surface area contributed by atoms with Gasteiger partial charge in [-0.25, -0.2) is 0 Å². The lowest BCUT2D eigenvalue weighted by atomic mass is 10.0. The highest BCUT2D eigenvalue weighted by Gasteiger charge is 2.30. The highest BCUT2D eigenvalue weighted by molar-refractivity contribution is 8.15.